The lowest BCUT2D eigenvalue weighted by Gasteiger charge is -2.48. The second-order valence-electron chi connectivity index (χ2n) is 9.42. The maximum absolute atomic E-state index is 4.67. The summed E-state index contributed by atoms with van der Waals surface area (Å²) < 4.78 is 0. The van der Waals surface area contributed by atoms with E-state index >= 15 is 0 Å². The molecule has 4 aliphatic rings. The molecule has 2 nitrogen and oxygen atoms in total. The molecule has 0 atom stereocenters. The van der Waals surface area contributed by atoms with Crippen LogP contribution in [0, 0.1) is 12.3 Å². The van der Waals surface area contributed by atoms with E-state index in [1.54, 1.807) is 27.8 Å². The van der Waals surface area contributed by atoms with Crippen LogP contribution in [-0.4, -0.2) is 30.2 Å². The van der Waals surface area contributed by atoms with Crippen LogP contribution in [-0.2, 0) is 13.0 Å². The number of likely N-dealkylation sites (tertiary alicyclic amines) is 1. The molecule has 2 aliphatic carbocycles. The van der Waals surface area contributed by atoms with Crippen LogP contribution in [0.15, 0.2) is 11.1 Å². The molecule has 1 saturated heterocycles. The fourth-order valence-corrected chi connectivity index (χ4v) is 5.68. The smallest absolute Gasteiger partial charge is 0.0473 e. The third-order valence-electron chi connectivity index (χ3n) is 7.07. The molecule has 3 fully saturated rings. The fraction of sp³-hybridized carbons (Fsp3) is 0.696. The highest BCUT2D eigenvalue weighted by Crippen LogP contribution is 2.51. The van der Waals surface area contributed by atoms with Crippen molar-refractivity contribution >= 4 is 5.71 Å². The Bertz CT molecular complexity index is 731. The molecule has 2 aliphatic heterocycles. The van der Waals surface area contributed by atoms with Gasteiger partial charge in [-0.05, 0) is 92.0 Å². The zero-order valence-corrected chi connectivity index (χ0v) is 16.2. The van der Waals surface area contributed by atoms with E-state index in [1.807, 2.05) is 0 Å². The highest BCUT2D eigenvalue weighted by atomic mass is 15.2. The third-order valence-corrected chi connectivity index (χ3v) is 7.07. The van der Waals surface area contributed by atoms with Crippen molar-refractivity contribution in [1.82, 2.24) is 4.90 Å². The standard InChI is InChI=1S/C23H32N2/c1-4-20-16(3)22(18-7-8-18)21(17-5-6-17)9-19(20)11-25-13-23(14-25)10-15(2)24-12-23/h9,17-18H,4-8,10-14H2,1-3H3. The monoisotopic (exact) mass is 336 g/mol. The first-order valence-electron chi connectivity index (χ1n) is 10.5. The van der Waals surface area contributed by atoms with Crippen molar-refractivity contribution < 1.29 is 0 Å². The molecule has 0 aromatic heterocycles. The molecule has 2 heteroatoms. The van der Waals surface area contributed by atoms with Gasteiger partial charge in [0, 0.05) is 37.3 Å². The maximum atomic E-state index is 4.67. The van der Waals surface area contributed by atoms with E-state index in [1.165, 1.54) is 57.3 Å². The summed E-state index contributed by atoms with van der Waals surface area (Å²) in [5.74, 6) is 1.77. The van der Waals surface area contributed by atoms with E-state index < -0.39 is 0 Å². The van der Waals surface area contributed by atoms with Crippen LogP contribution in [0.2, 0.25) is 0 Å². The lowest BCUT2D eigenvalue weighted by Crippen LogP contribution is -2.56. The van der Waals surface area contributed by atoms with Crippen LogP contribution in [0.4, 0.5) is 0 Å². The minimum atomic E-state index is 0.499. The predicted octanol–water partition coefficient (Wildman–Crippen LogP) is 4.98. The summed E-state index contributed by atoms with van der Waals surface area (Å²) in [6.07, 6.45) is 8.12. The number of nitrogens with zero attached hydrogens (tertiary/aromatic N) is 2. The van der Waals surface area contributed by atoms with Gasteiger partial charge in [-0.25, -0.2) is 0 Å². The van der Waals surface area contributed by atoms with E-state index in [9.17, 15) is 0 Å². The first-order valence-corrected chi connectivity index (χ1v) is 10.5. The number of hydrogen-bond donors (Lipinski definition) is 0. The van der Waals surface area contributed by atoms with Gasteiger partial charge < -0.3 is 0 Å². The normalized spacial score (nSPS) is 25.3. The Kier molecular flexibility index (Phi) is 3.64. The minimum absolute atomic E-state index is 0.499. The number of rotatable bonds is 5. The molecule has 0 unspecified atom stereocenters. The molecule has 5 rings (SSSR count). The quantitative estimate of drug-likeness (QED) is 0.740. The van der Waals surface area contributed by atoms with Gasteiger partial charge in [-0.1, -0.05) is 13.0 Å². The summed E-state index contributed by atoms with van der Waals surface area (Å²) in [6, 6.07) is 2.64. The maximum Gasteiger partial charge on any atom is 0.0473 e. The van der Waals surface area contributed by atoms with Crippen LogP contribution in [0.25, 0.3) is 0 Å². The van der Waals surface area contributed by atoms with Crippen LogP contribution in [0.5, 0.6) is 0 Å². The van der Waals surface area contributed by atoms with Crippen molar-refractivity contribution in [3.8, 4) is 0 Å². The SMILES string of the molecule is CCc1c(CN2CC3(CN=C(C)C3)C2)cc(C2CC2)c(C2CC2)c1C. The van der Waals surface area contributed by atoms with Gasteiger partial charge in [0.15, 0.2) is 0 Å². The molecular formula is C23H32N2. The molecule has 0 bridgehead atoms. The van der Waals surface area contributed by atoms with Crippen molar-refractivity contribution in [3.05, 3.63) is 33.9 Å². The summed E-state index contributed by atoms with van der Waals surface area (Å²) >= 11 is 0. The minimum Gasteiger partial charge on any atom is -0.298 e. The van der Waals surface area contributed by atoms with Crippen molar-refractivity contribution in [3.63, 3.8) is 0 Å². The Hall–Kier alpha value is -1.15. The Labute approximate surface area is 152 Å². The number of benzene rings is 1. The largest absolute Gasteiger partial charge is 0.298 e. The first-order chi connectivity index (χ1) is 12.1. The van der Waals surface area contributed by atoms with Crippen LogP contribution < -0.4 is 0 Å². The molecule has 2 heterocycles. The van der Waals surface area contributed by atoms with Gasteiger partial charge in [0.2, 0.25) is 0 Å². The average molecular weight is 337 g/mol. The van der Waals surface area contributed by atoms with Gasteiger partial charge in [-0.2, -0.15) is 0 Å². The molecular weight excluding hydrogens is 304 g/mol. The predicted molar refractivity (Wildman–Crippen MR) is 105 cm³/mol. The summed E-state index contributed by atoms with van der Waals surface area (Å²) in [5, 5.41) is 0. The van der Waals surface area contributed by atoms with Crippen LogP contribution in [0.3, 0.4) is 0 Å². The number of hydrogen-bond acceptors (Lipinski definition) is 2. The van der Waals surface area contributed by atoms with E-state index in [-0.39, 0.29) is 0 Å². The van der Waals surface area contributed by atoms with Gasteiger partial charge in [0.05, 0.1) is 0 Å². The Balaban J connectivity index is 1.40. The van der Waals surface area contributed by atoms with Gasteiger partial charge in [-0.15, -0.1) is 0 Å². The van der Waals surface area contributed by atoms with Crippen molar-refractivity contribution in [2.24, 2.45) is 10.4 Å². The van der Waals surface area contributed by atoms with Crippen molar-refractivity contribution in [1.29, 1.82) is 0 Å². The van der Waals surface area contributed by atoms with E-state index in [0.29, 0.717) is 5.41 Å². The molecule has 1 spiro atoms. The average Bonchev–Trinajstić information content (AvgIpc) is 3.44. The topological polar surface area (TPSA) is 15.6 Å². The molecule has 1 aromatic rings. The second-order valence-corrected chi connectivity index (χ2v) is 9.42. The van der Waals surface area contributed by atoms with Crippen molar-refractivity contribution in [2.45, 2.75) is 77.7 Å². The Morgan fingerprint density at radius 2 is 1.84 bits per heavy atom. The summed E-state index contributed by atoms with van der Waals surface area (Å²) in [7, 11) is 0. The Morgan fingerprint density at radius 3 is 2.40 bits per heavy atom. The number of aliphatic imine (C=N–C) groups is 1. The Morgan fingerprint density at radius 1 is 1.12 bits per heavy atom. The zero-order valence-electron chi connectivity index (χ0n) is 16.2. The molecule has 1 aromatic carbocycles. The highest BCUT2D eigenvalue weighted by Gasteiger charge is 2.45. The van der Waals surface area contributed by atoms with E-state index in [2.05, 4.69) is 36.7 Å². The zero-order chi connectivity index (χ0) is 17.2. The molecule has 0 radical (unpaired) electrons. The van der Waals surface area contributed by atoms with Crippen LogP contribution >= 0.6 is 0 Å². The third kappa shape index (κ3) is 2.77. The molecule has 25 heavy (non-hydrogen) atoms. The first kappa shape index (κ1) is 16.1. The van der Waals surface area contributed by atoms with Crippen LogP contribution in [0.1, 0.15) is 85.6 Å². The summed E-state index contributed by atoms with van der Waals surface area (Å²) in [4.78, 5) is 7.35. The molecule has 0 N–H and O–H groups in total. The van der Waals surface area contributed by atoms with E-state index in [4.69, 9.17) is 0 Å². The van der Waals surface area contributed by atoms with Gasteiger partial charge >= 0.3 is 0 Å². The molecule has 134 valence electrons. The molecule has 2 saturated carbocycles. The van der Waals surface area contributed by atoms with Crippen molar-refractivity contribution in [2.75, 3.05) is 19.6 Å². The van der Waals surface area contributed by atoms with Gasteiger partial charge in [0.1, 0.15) is 0 Å². The lowest BCUT2D eigenvalue weighted by molar-refractivity contribution is 0.0129. The second kappa shape index (κ2) is 5.67. The lowest BCUT2D eigenvalue weighted by atomic mass is 9.77. The van der Waals surface area contributed by atoms with Gasteiger partial charge in [-0.3, -0.25) is 9.89 Å². The van der Waals surface area contributed by atoms with Gasteiger partial charge in [0.25, 0.3) is 0 Å². The summed E-state index contributed by atoms with van der Waals surface area (Å²) in [6.45, 7) is 11.7. The highest BCUT2D eigenvalue weighted by molar-refractivity contribution is 5.84. The van der Waals surface area contributed by atoms with E-state index in [0.717, 1.165) is 24.9 Å². The molecule has 0 amide bonds. The summed E-state index contributed by atoms with van der Waals surface area (Å²) in [5.41, 5.74) is 10.3. The fourth-order valence-electron chi connectivity index (χ4n) is 5.68.